The zero-order chi connectivity index (χ0) is 28.2. The summed E-state index contributed by atoms with van der Waals surface area (Å²) in [6.45, 7) is 9.87. The average Bonchev–Trinajstić information content (AvgIpc) is 3.33. The lowest BCUT2D eigenvalue weighted by molar-refractivity contribution is 0.00853. The lowest BCUT2D eigenvalue weighted by Gasteiger charge is -2.35. The minimum Gasteiger partial charge on any atom is -0.461 e. The molecule has 0 saturated carbocycles. The molecule has 1 aromatic carbocycles. The normalized spacial score (nSPS) is 15.5. The van der Waals surface area contributed by atoms with Crippen LogP contribution in [0, 0.1) is 6.92 Å². The van der Waals surface area contributed by atoms with Crippen LogP contribution in [0.3, 0.4) is 0 Å². The lowest BCUT2D eigenvalue weighted by Crippen LogP contribution is -2.42. The standard InChI is InChI=1S/C29H35N5O5/c1-6-38-27(36)24-23(19-10-12-20(13-11-19)26(35)31-22-17-18(2)14-15-30-22)32-25(33-24)21-9-7-8-16-34(21)28(37)39-29(3,4)5/h10-15,17,21H,6-9,16H2,1-5H3,(H,32,33)(H,30,31,35). The number of carbonyl (C=O) groups excluding carboxylic acids is 3. The van der Waals surface area contributed by atoms with Gasteiger partial charge in [-0.3, -0.25) is 9.69 Å². The number of ether oxygens (including phenoxy) is 2. The second-order valence-electron chi connectivity index (χ2n) is 10.5. The Kier molecular flexibility index (Phi) is 8.32. The first-order valence-corrected chi connectivity index (χ1v) is 13.2. The monoisotopic (exact) mass is 533 g/mol. The van der Waals surface area contributed by atoms with Crippen LogP contribution in [0.5, 0.6) is 0 Å². The van der Waals surface area contributed by atoms with Gasteiger partial charge in [0.2, 0.25) is 0 Å². The smallest absolute Gasteiger partial charge is 0.410 e. The van der Waals surface area contributed by atoms with E-state index in [0.29, 0.717) is 41.4 Å². The summed E-state index contributed by atoms with van der Waals surface area (Å²) in [7, 11) is 0. The van der Waals surface area contributed by atoms with Crippen LogP contribution in [0.4, 0.5) is 10.6 Å². The fourth-order valence-electron chi connectivity index (χ4n) is 4.44. The number of esters is 1. The van der Waals surface area contributed by atoms with Crippen molar-refractivity contribution >= 4 is 23.8 Å². The lowest BCUT2D eigenvalue weighted by atomic mass is 10.0. The maximum Gasteiger partial charge on any atom is 0.410 e. The van der Waals surface area contributed by atoms with Gasteiger partial charge in [0.05, 0.1) is 12.6 Å². The molecule has 0 aliphatic carbocycles. The van der Waals surface area contributed by atoms with Crippen molar-refractivity contribution in [2.45, 2.75) is 65.5 Å². The van der Waals surface area contributed by atoms with Crippen molar-refractivity contribution in [1.82, 2.24) is 19.9 Å². The number of likely N-dealkylation sites (tertiary alicyclic amines) is 1. The van der Waals surface area contributed by atoms with Crippen molar-refractivity contribution in [3.05, 3.63) is 65.2 Å². The second-order valence-corrected chi connectivity index (χ2v) is 10.5. The number of aromatic amines is 1. The van der Waals surface area contributed by atoms with Crippen LogP contribution in [-0.2, 0) is 9.47 Å². The Morgan fingerprint density at radius 1 is 1.13 bits per heavy atom. The summed E-state index contributed by atoms with van der Waals surface area (Å²) in [4.78, 5) is 52.3. The highest BCUT2D eigenvalue weighted by molar-refractivity contribution is 6.04. The Balaban J connectivity index is 1.63. The van der Waals surface area contributed by atoms with Gasteiger partial charge in [0, 0.05) is 23.9 Å². The molecule has 10 nitrogen and oxygen atoms in total. The predicted molar refractivity (Wildman–Crippen MR) is 146 cm³/mol. The zero-order valence-corrected chi connectivity index (χ0v) is 23.0. The molecule has 39 heavy (non-hydrogen) atoms. The number of hydrogen-bond donors (Lipinski definition) is 2. The van der Waals surface area contributed by atoms with Crippen LogP contribution in [-0.4, -0.2) is 56.6 Å². The van der Waals surface area contributed by atoms with Crippen molar-refractivity contribution in [2.75, 3.05) is 18.5 Å². The van der Waals surface area contributed by atoms with E-state index in [4.69, 9.17) is 14.5 Å². The highest BCUT2D eigenvalue weighted by atomic mass is 16.6. The number of carbonyl (C=O) groups is 3. The molecule has 1 aliphatic rings. The average molecular weight is 534 g/mol. The first-order valence-electron chi connectivity index (χ1n) is 13.2. The Hall–Kier alpha value is -4.21. The maximum atomic E-state index is 13.0. The molecule has 0 spiro atoms. The van der Waals surface area contributed by atoms with Crippen LogP contribution in [0.25, 0.3) is 11.3 Å². The number of hydrogen-bond acceptors (Lipinski definition) is 7. The minimum atomic E-state index is -0.632. The fraction of sp³-hybridized carbons (Fsp3) is 0.414. The van der Waals surface area contributed by atoms with Gasteiger partial charge in [-0.05, 0) is 83.7 Å². The molecule has 0 radical (unpaired) electrons. The number of rotatable bonds is 6. The van der Waals surface area contributed by atoms with E-state index < -0.39 is 17.7 Å². The van der Waals surface area contributed by atoms with Gasteiger partial charge in [0.15, 0.2) is 5.69 Å². The summed E-state index contributed by atoms with van der Waals surface area (Å²) in [5.74, 6) is 0.111. The van der Waals surface area contributed by atoms with Gasteiger partial charge >= 0.3 is 12.1 Å². The van der Waals surface area contributed by atoms with E-state index in [0.717, 1.165) is 18.4 Å². The van der Waals surface area contributed by atoms with E-state index in [1.54, 1.807) is 48.4 Å². The number of amides is 2. The quantitative estimate of drug-likeness (QED) is 0.391. The van der Waals surface area contributed by atoms with Crippen LogP contribution in [0.15, 0.2) is 42.6 Å². The molecule has 3 aromatic rings. The first-order chi connectivity index (χ1) is 18.6. The number of anilines is 1. The topological polar surface area (TPSA) is 127 Å². The van der Waals surface area contributed by atoms with Gasteiger partial charge in [-0.15, -0.1) is 0 Å². The van der Waals surface area contributed by atoms with Crippen molar-refractivity contribution in [2.24, 2.45) is 0 Å². The summed E-state index contributed by atoms with van der Waals surface area (Å²) in [6.07, 6.45) is 3.67. The first kappa shape index (κ1) is 27.8. The van der Waals surface area contributed by atoms with Gasteiger partial charge < -0.3 is 19.8 Å². The van der Waals surface area contributed by atoms with Crippen molar-refractivity contribution < 1.29 is 23.9 Å². The summed E-state index contributed by atoms with van der Waals surface area (Å²) in [5.41, 5.74) is 2.00. The number of aromatic nitrogens is 3. The predicted octanol–water partition coefficient (Wildman–Crippen LogP) is 5.67. The number of piperidine rings is 1. The van der Waals surface area contributed by atoms with Gasteiger partial charge in [0.25, 0.3) is 5.91 Å². The molecule has 1 atom stereocenters. The third-order valence-corrected chi connectivity index (χ3v) is 6.23. The third-order valence-electron chi connectivity index (χ3n) is 6.23. The fourth-order valence-corrected chi connectivity index (χ4v) is 4.44. The molecule has 1 fully saturated rings. The van der Waals surface area contributed by atoms with E-state index in [2.05, 4.69) is 15.3 Å². The molecule has 1 saturated heterocycles. The molecule has 206 valence electrons. The van der Waals surface area contributed by atoms with E-state index in [-0.39, 0.29) is 24.2 Å². The molecule has 2 amide bonds. The second kappa shape index (κ2) is 11.7. The number of benzene rings is 1. The SMILES string of the molecule is CCOC(=O)c1[nH]c(C2CCCCN2C(=O)OC(C)(C)C)nc1-c1ccc(C(=O)Nc2cc(C)ccn2)cc1. The van der Waals surface area contributed by atoms with Gasteiger partial charge in [-0.2, -0.15) is 0 Å². The Morgan fingerprint density at radius 3 is 2.54 bits per heavy atom. The van der Waals surface area contributed by atoms with Gasteiger partial charge in [0.1, 0.15) is 22.9 Å². The zero-order valence-electron chi connectivity index (χ0n) is 23.0. The summed E-state index contributed by atoms with van der Waals surface area (Å²) in [5, 5.41) is 2.79. The Bertz CT molecular complexity index is 1340. The summed E-state index contributed by atoms with van der Waals surface area (Å²) >= 11 is 0. The number of nitrogens with one attached hydrogen (secondary N) is 2. The van der Waals surface area contributed by atoms with Crippen molar-refractivity contribution in [3.8, 4) is 11.3 Å². The van der Waals surface area contributed by atoms with Gasteiger partial charge in [-0.25, -0.2) is 19.6 Å². The highest BCUT2D eigenvalue weighted by Crippen LogP contribution is 2.33. The number of H-pyrrole nitrogens is 1. The van der Waals surface area contributed by atoms with E-state index in [9.17, 15) is 14.4 Å². The van der Waals surface area contributed by atoms with E-state index in [1.807, 2.05) is 33.8 Å². The summed E-state index contributed by atoms with van der Waals surface area (Å²) < 4.78 is 10.9. The molecule has 0 bridgehead atoms. The molecule has 1 unspecified atom stereocenters. The highest BCUT2D eigenvalue weighted by Gasteiger charge is 2.34. The van der Waals surface area contributed by atoms with Crippen LogP contribution >= 0.6 is 0 Å². The molecule has 1 aliphatic heterocycles. The van der Waals surface area contributed by atoms with E-state index in [1.165, 1.54) is 0 Å². The minimum absolute atomic E-state index is 0.197. The molecular formula is C29H35N5O5. The third kappa shape index (κ3) is 6.81. The molecule has 4 rings (SSSR count). The Morgan fingerprint density at radius 2 is 1.87 bits per heavy atom. The molecule has 10 heteroatoms. The molecule has 2 aromatic heterocycles. The Labute approximate surface area is 228 Å². The van der Waals surface area contributed by atoms with Gasteiger partial charge in [-0.1, -0.05) is 12.1 Å². The van der Waals surface area contributed by atoms with Crippen LogP contribution < -0.4 is 5.32 Å². The largest absolute Gasteiger partial charge is 0.461 e. The molecule has 3 heterocycles. The van der Waals surface area contributed by atoms with E-state index >= 15 is 0 Å². The number of nitrogens with zero attached hydrogens (tertiary/aromatic N) is 3. The number of imidazole rings is 1. The van der Waals surface area contributed by atoms with Crippen LogP contribution in [0.2, 0.25) is 0 Å². The molecule has 2 N–H and O–H groups in total. The summed E-state index contributed by atoms with van der Waals surface area (Å²) in [6, 6.07) is 10.1. The molecular weight excluding hydrogens is 498 g/mol. The van der Waals surface area contributed by atoms with Crippen molar-refractivity contribution in [3.63, 3.8) is 0 Å². The maximum absolute atomic E-state index is 13.0. The number of pyridine rings is 1. The number of aryl methyl sites for hydroxylation is 1. The van der Waals surface area contributed by atoms with Crippen LogP contribution in [0.1, 0.15) is 85.2 Å². The van der Waals surface area contributed by atoms with Crippen molar-refractivity contribution in [1.29, 1.82) is 0 Å².